The predicted octanol–water partition coefficient (Wildman–Crippen LogP) is 1.84. The van der Waals surface area contributed by atoms with Crippen LogP contribution in [-0.2, 0) is 11.2 Å². The molecule has 2 heterocycles. The highest BCUT2D eigenvalue weighted by molar-refractivity contribution is 8.01. The molecule has 0 aliphatic carbocycles. The van der Waals surface area contributed by atoms with Crippen LogP contribution in [0.25, 0.3) is 0 Å². The van der Waals surface area contributed by atoms with Gasteiger partial charge in [-0.15, -0.1) is 11.8 Å². The molecule has 0 unspecified atom stereocenters. The first-order valence-electron chi connectivity index (χ1n) is 7.08. The molecule has 1 aromatic heterocycles. The van der Waals surface area contributed by atoms with E-state index in [1.54, 1.807) is 23.9 Å². The second kappa shape index (κ2) is 6.70. The van der Waals surface area contributed by atoms with Gasteiger partial charge in [-0.05, 0) is 30.2 Å². The minimum absolute atomic E-state index is 0.00782. The van der Waals surface area contributed by atoms with Gasteiger partial charge >= 0.3 is 0 Å². The van der Waals surface area contributed by atoms with Crippen molar-refractivity contribution in [2.45, 2.75) is 16.6 Å². The zero-order chi connectivity index (χ0) is 15.4. The fraction of sp³-hybridized carbons (Fsp3) is 0.250. The average Bonchev–Trinajstić information content (AvgIpc) is 3.19. The van der Waals surface area contributed by atoms with Crippen LogP contribution in [0.3, 0.4) is 0 Å². The van der Waals surface area contributed by atoms with Crippen LogP contribution in [0.5, 0.6) is 0 Å². The van der Waals surface area contributed by atoms with E-state index in [-0.39, 0.29) is 22.8 Å². The van der Waals surface area contributed by atoms with Gasteiger partial charge in [0.1, 0.15) is 0 Å². The SMILES string of the molecule is O=C(NCCNC(=O)[C@@H]1Cc2ccccc2S1)c1ccco1. The van der Waals surface area contributed by atoms with Crippen molar-refractivity contribution in [1.82, 2.24) is 10.6 Å². The fourth-order valence-electron chi connectivity index (χ4n) is 2.30. The summed E-state index contributed by atoms with van der Waals surface area (Å²) in [6, 6.07) is 11.3. The van der Waals surface area contributed by atoms with Gasteiger partial charge in [0, 0.05) is 18.0 Å². The smallest absolute Gasteiger partial charge is 0.287 e. The number of fused-ring (bicyclic) bond motifs is 1. The number of rotatable bonds is 5. The van der Waals surface area contributed by atoms with Crippen LogP contribution < -0.4 is 10.6 Å². The molecule has 0 radical (unpaired) electrons. The second-order valence-electron chi connectivity index (χ2n) is 4.94. The number of furan rings is 1. The highest BCUT2D eigenvalue weighted by atomic mass is 32.2. The van der Waals surface area contributed by atoms with Crippen molar-refractivity contribution in [2.24, 2.45) is 0 Å². The first-order valence-corrected chi connectivity index (χ1v) is 7.96. The maximum Gasteiger partial charge on any atom is 0.287 e. The highest BCUT2D eigenvalue weighted by Crippen LogP contribution is 2.36. The van der Waals surface area contributed by atoms with Crippen molar-refractivity contribution < 1.29 is 14.0 Å². The van der Waals surface area contributed by atoms with Crippen molar-refractivity contribution in [3.05, 3.63) is 54.0 Å². The molecule has 0 bridgehead atoms. The third-order valence-corrected chi connectivity index (χ3v) is 4.71. The maximum absolute atomic E-state index is 12.1. The van der Waals surface area contributed by atoms with Crippen LogP contribution in [0.15, 0.2) is 52.0 Å². The highest BCUT2D eigenvalue weighted by Gasteiger charge is 2.27. The molecule has 6 heteroatoms. The zero-order valence-electron chi connectivity index (χ0n) is 11.9. The van der Waals surface area contributed by atoms with E-state index in [2.05, 4.69) is 16.7 Å². The number of carbonyl (C=O) groups is 2. The lowest BCUT2D eigenvalue weighted by atomic mass is 10.1. The van der Waals surface area contributed by atoms with Crippen molar-refractivity contribution in [1.29, 1.82) is 0 Å². The van der Waals surface area contributed by atoms with Crippen LogP contribution in [0.2, 0.25) is 0 Å². The Bertz CT molecular complexity index is 645. The molecule has 1 aliphatic heterocycles. The van der Waals surface area contributed by atoms with Gasteiger partial charge in [-0.2, -0.15) is 0 Å². The minimum atomic E-state index is -0.276. The van der Waals surface area contributed by atoms with Crippen LogP contribution in [0.1, 0.15) is 16.1 Å². The van der Waals surface area contributed by atoms with Gasteiger partial charge in [0.25, 0.3) is 5.91 Å². The lowest BCUT2D eigenvalue weighted by molar-refractivity contribution is -0.120. The molecular weight excluding hydrogens is 300 g/mol. The summed E-state index contributed by atoms with van der Waals surface area (Å²) in [5.74, 6) is 0.00321. The Morgan fingerprint density at radius 3 is 2.73 bits per heavy atom. The summed E-state index contributed by atoms with van der Waals surface area (Å²) in [5, 5.41) is 5.46. The lowest BCUT2D eigenvalue weighted by Gasteiger charge is -2.10. The summed E-state index contributed by atoms with van der Waals surface area (Å²) in [5.41, 5.74) is 1.22. The Morgan fingerprint density at radius 1 is 1.14 bits per heavy atom. The van der Waals surface area contributed by atoms with E-state index >= 15 is 0 Å². The van der Waals surface area contributed by atoms with Crippen molar-refractivity contribution >= 4 is 23.6 Å². The summed E-state index contributed by atoms with van der Waals surface area (Å²) in [7, 11) is 0. The summed E-state index contributed by atoms with van der Waals surface area (Å²) in [6.45, 7) is 0.772. The molecule has 2 N–H and O–H groups in total. The molecule has 22 heavy (non-hydrogen) atoms. The molecule has 5 nitrogen and oxygen atoms in total. The number of amides is 2. The normalized spacial score (nSPS) is 16.1. The van der Waals surface area contributed by atoms with Crippen LogP contribution in [0, 0.1) is 0 Å². The third-order valence-electron chi connectivity index (χ3n) is 3.39. The van der Waals surface area contributed by atoms with Crippen molar-refractivity contribution in [3.63, 3.8) is 0 Å². The molecule has 1 aliphatic rings. The largest absolute Gasteiger partial charge is 0.459 e. The predicted molar refractivity (Wildman–Crippen MR) is 83.8 cm³/mol. The zero-order valence-corrected chi connectivity index (χ0v) is 12.7. The molecule has 0 saturated heterocycles. The molecule has 2 aromatic rings. The Kier molecular flexibility index (Phi) is 4.48. The summed E-state index contributed by atoms with van der Waals surface area (Å²) in [4.78, 5) is 24.9. The van der Waals surface area contributed by atoms with Crippen LogP contribution >= 0.6 is 11.8 Å². The third kappa shape index (κ3) is 3.33. The van der Waals surface area contributed by atoms with E-state index in [4.69, 9.17) is 4.42 Å². The first-order chi connectivity index (χ1) is 10.7. The topological polar surface area (TPSA) is 71.3 Å². The fourth-order valence-corrected chi connectivity index (χ4v) is 3.52. The van der Waals surface area contributed by atoms with E-state index in [1.807, 2.05) is 18.2 Å². The van der Waals surface area contributed by atoms with Gasteiger partial charge in [-0.25, -0.2) is 0 Å². The van der Waals surface area contributed by atoms with Crippen LogP contribution in [-0.4, -0.2) is 30.2 Å². The molecular formula is C16H16N2O3S. The standard InChI is InChI=1S/C16H16N2O3S/c19-15(12-5-3-9-21-12)17-7-8-18-16(20)14-10-11-4-1-2-6-13(11)22-14/h1-6,9,14H,7-8,10H2,(H,17,19)(H,18,20)/t14-/m0/s1. The Balaban J connectivity index is 1.40. The first kappa shape index (κ1) is 14.7. The molecule has 1 aromatic carbocycles. The second-order valence-corrected chi connectivity index (χ2v) is 6.19. The number of benzene rings is 1. The monoisotopic (exact) mass is 316 g/mol. The number of hydrogen-bond acceptors (Lipinski definition) is 4. The molecule has 3 rings (SSSR count). The number of carbonyl (C=O) groups excluding carboxylic acids is 2. The van der Waals surface area contributed by atoms with Gasteiger partial charge in [0.05, 0.1) is 11.5 Å². The maximum atomic E-state index is 12.1. The van der Waals surface area contributed by atoms with E-state index in [0.717, 1.165) is 6.42 Å². The van der Waals surface area contributed by atoms with Gasteiger partial charge < -0.3 is 15.1 Å². The van der Waals surface area contributed by atoms with Gasteiger partial charge in [0.2, 0.25) is 5.91 Å². The number of hydrogen-bond donors (Lipinski definition) is 2. The molecule has 2 amide bonds. The number of nitrogens with one attached hydrogen (secondary N) is 2. The molecule has 0 saturated carbocycles. The minimum Gasteiger partial charge on any atom is -0.459 e. The Hall–Kier alpha value is -2.21. The Morgan fingerprint density at radius 2 is 1.95 bits per heavy atom. The van der Waals surface area contributed by atoms with E-state index < -0.39 is 0 Å². The van der Waals surface area contributed by atoms with Crippen molar-refractivity contribution in [3.8, 4) is 0 Å². The Labute approximate surface area is 132 Å². The molecule has 0 spiro atoms. The van der Waals surface area contributed by atoms with E-state index in [9.17, 15) is 9.59 Å². The molecule has 1 atom stereocenters. The summed E-state index contributed by atoms with van der Waals surface area (Å²) < 4.78 is 4.99. The lowest BCUT2D eigenvalue weighted by Crippen LogP contribution is -2.38. The van der Waals surface area contributed by atoms with Crippen LogP contribution in [0.4, 0.5) is 0 Å². The van der Waals surface area contributed by atoms with E-state index in [0.29, 0.717) is 13.1 Å². The average molecular weight is 316 g/mol. The molecule has 0 fully saturated rings. The van der Waals surface area contributed by atoms with Gasteiger partial charge in [0.15, 0.2) is 5.76 Å². The quantitative estimate of drug-likeness (QED) is 0.826. The van der Waals surface area contributed by atoms with Crippen molar-refractivity contribution in [2.75, 3.05) is 13.1 Å². The summed E-state index contributed by atoms with van der Waals surface area (Å²) >= 11 is 1.59. The van der Waals surface area contributed by atoms with Gasteiger partial charge in [-0.1, -0.05) is 18.2 Å². The van der Waals surface area contributed by atoms with Gasteiger partial charge in [-0.3, -0.25) is 9.59 Å². The summed E-state index contributed by atoms with van der Waals surface area (Å²) in [6.07, 6.45) is 2.21. The van der Waals surface area contributed by atoms with E-state index in [1.165, 1.54) is 16.7 Å². The number of thioether (sulfide) groups is 1. The molecule has 114 valence electrons.